The van der Waals surface area contributed by atoms with Crippen molar-refractivity contribution in [3.8, 4) is 0 Å². The molecule has 0 aliphatic carbocycles. The fourth-order valence-electron chi connectivity index (χ4n) is 3.21. The van der Waals surface area contributed by atoms with Gasteiger partial charge in [-0.25, -0.2) is 0 Å². The summed E-state index contributed by atoms with van der Waals surface area (Å²) in [6, 6.07) is 6.58. The van der Waals surface area contributed by atoms with Gasteiger partial charge in [0.2, 0.25) is 0 Å². The zero-order valence-corrected chi connectivity index (χ0v) is 11.2. The molecule has 0 bridgehead atoms. The molecule has 2 aliphatic heterocycles. The highest BCUT2D eigenvalue weighted by molar-refractivity contribution is 6.31. The number of rotatable bonds is 2. The van der Waals surface area contributed by atoms with Gasteiger partial charge in [-0.15, -0.1) is 0 Å². The second-order valence-electron chi connectivity index (χ2n) is 5.17. The molecule has 1 unspecified atom stereocenters. The average Bonchev–Trinajstić information content (AvgIpc) is 2.85. The molecule has 0 amide bonds. The summed E-state index contributed by atoms with van der Waals surface area (Å²) >= 11 is 6.16. The maximum absolute atomic E-state index is 9.50. The van der Waals surface area contributed by atoms with Crippen LogP contribution in [0.1, 0.15) is 18.4 Å². The molecule has 2 heterocycles. The third-order valence-electron chi connectivity index (χ3n) is 4.18. The van der Waals surface area contributed by atoms with Crippen LogP contribution in [0.2, 0.25) is 5.02 Å². The van der Waals surface area contributed by atoms with Crippen molar-refractivity contribution in [1.29, 1.82) is 0 Å². The van der Waals surface area contributed by atoms with E-state index < -0.39 is 0 Å². The van der Waals surface area contributed by atoms with E-state index in [-0.39, 0.29) is 6.61 Å². The second kappa shape index (κ2) is 5.08. The number of anilines is 1. The van der Waals surface area contributed by atoms with Crippen LogP contribution < -0.4 is 4.90 Å². The Morgan fingerprint density at radius 2 is 2.17 bits per heavy atom. The fraction of sp³-hybridized carbons (Fsp3) is 0.571. The van der Waals surface area contributed by atoms with Crippen LogP contribution in [0.3, 0.4) is 0 Å². The van der Waals surface area contributed by atoms with Crippen molar-refractivity contribution in [2.45, 2.75) is 25.5 Å². The summed E-state index contributed by atoms with van der Waals surface area (Å²) in [5, 5.41) is 10.2. The summed E-state index contributed by atoms with van der Waals surface area (Å²) in [6.45, 7) is 4.49. The summed E-state index contributed by atoms with van der Waals surface area (Å²) < 4.78 is 0. The van der Waals surface area contributed by atoms with E-state index in [1.165, 1.54) is 19.4 Å². The van der Waals surface area contributed by atoms with Gasteiger partial charge in [0.15, 0.2) is 0 Å². The summed E-state index contributed by atoms with van der Waals surface area (Å²) in [4.78, 5) is 4.96. The Labute approximate surface area is 113 Å². The van der Waals surface area contributed by atoms with Crippen LogP contribution in [0, 0.1) is 0 Å². The van der Waals surface area contributed by atoms with Gasteiger partial charge in [0, 0.05) is 41.9 Å². The molecule has 3 nitrogen and oxygen atoms in total. The lowest BCUT2D eigenvalue weighted by atomic mass is 10.1. The van der Waals surface area contributed by atoms with Crippen LogP contribution in [-0.4, -0.2) is 42.2 Å². The quantitative estimate of drug-likeness (QED) is 0.888. The topological polar surface area (TPSA) is 26.7 Å². The van der Waals surface area contributed by atoms with E-state index in [0.29, 0.717) is 11.1 Å². The van der Waals surface area contributed by atoms with E-state index in [0.717, 1.165) is 30.9 Å². The molecular formula is C14H19ClN2O. The number of nitrogens with zero attached hydrogens (tertiary/aromatic N) is 2. The lowest BCUT2D eigenvalue weighted by Crippen LogP contribution is -2.50. The van der Waals surface area contributed by atoms with E-state index in [1.807, 2.05) is 12.1 Å². The molecular weight excluding hydrogens is 248 g/mol. The molecule has 0 radical (unpaired) electrons. The molecule has 2 aliphatic rings. The highest BCUT2D eigenvalue weighted by atomic mass is 35.5. The van der Waals surface area contributed by atoms with Crippen molar-refractivity contribution in [2.24, 2.45) is 0 Å². The number of fused-ring (bicyclic) bond motifs is 1. The summed E-state index contributed by atoms with van der Waals surface area (Å²) in [5.41, 5.74) is 1.97. The zero-order chi connectivity index (χ0) is 12.5. The van der Waals surface area contributed by atoms with Gasteiger partial charge in [0.25, 0.3) is 0 Å². The van der Waals surface area contributed by atoms with Crippen molar-refractivity contribution in [2.75, 3.05) is 31.1 Å². The highest BCUT2D eigenvalue weighted by Gasteiger charge is 2.31. The Hall–Kier alpha value is -0.770. The lowest BCUT2D eigenvalue weighted by molar-refractivity contribution is 0.230. The van der Waals surface area contributed by atoms with Gasteiger partial charge in [-0.1, -0.05) is 17.7 Å². The van der Waals surface area contributed by atoms with Crippen molar-refractivity contribution in [1.82, 2.24) is 4.90 Å². The third kappa shape index (κ3) is 2.11. The first-order valence-electron chi connectivity index (χ1n) is 6.67. The minimum atomic E-state index is 0.0138. The van der Waals surface area contributed by atoms with Crippen LogP contribution in [0.25, 0.3) is 0 Å². The van der Waals surface area contributed by atoms with Crippen LogP contribution in [-0.2, 0) is 6.61 Å². The molecule has 4 heteroatoms. The van der Waals surface area contributed by atoms with Gasteiger partial charge in [0.05, 0.1) is 6.61 Å². The lowest BCUT2D eigenvalue weighted by Gasteiger charge is -2.39. The molecule has 0 saturated carbocycles. The van der Waals surface area contributed by atoms with Crippen LogP contribution in [0.4, 0.5) is 5.69 Å². The van der Waals surface area contributed by atoms with E-state index in [4.69, 9.17) is 11.6 Å². The number of hydrogen-bond acceptors (Lipinski definition) is 3. The predicted molar refractivity (Wildman–Crippen MR) is 74.2 cm³/mol. The van der Waals surface area contributed by atoms with Gasteiger partial charge < -0.3 is 10.0 Å². The molecule has 1 aromatic rings. The van der Waals surface area contributed by atoms with Crippen LogP contribution in [0.15, 0.2) is 18.2 Å². The number of halogens is 1. The molecule has 1 aromatic carbocycles. The number of benzene rings is 1. The van der Waals surface area contributed by atoms with E-state index in [2.05, 4.69) is 15.9 Å². The van der Waals surface area contributed by atoms with Crippen molar-refractivity contribution in [3.63, 3.8) is 0 Å². The van der Waals surface area contributed by atoms with Crippen molar-refractivity contribution < 1.29 is 5.11 Å². The van der Waals surface area contributed by atoms with Gasteiger partial charge in [0.1, 0.15) is 0 Å². The Kier molecular flexibility index (Phi) is 3.46. The molecule has 1 N–H and O–H groups in total. The maximum Gasteiger partial charge on any atom is 0.0716 e. The van der Waals surface area contributed by atoms with Gasteiger partial charge in [-0.3, -0.25) is 4.90 Å². The number of hydrogen-bond donors (Lipinski definition) is 1. The Morgan fingerprint density at radius 1 is 1.28 bits per heavy atom. The van der Waals surface area contributed by atoms with Crippen molar-refractivity contribution in [3.05, 3.63) is 28.8 Å². The molecule has 98 valence electrons. The largest absolute Gasteiger partial charge is 0.392 e. The average molecular weight is 267 g/mol. The van der Waals surface area contributed by atoms with Crippen molar-refractivity contribution >= 4 is 17.3 Å². The zero-order valence-electron chi connectivity index (χ0n) is 10.5. The van der Waals surface area contributed by atoms with Gasteiger partial charge in [-0.2, -0.15) is 0 Å². The first kappa shape index (κ1) is 12.3. The maximum atomic E-state index is 9.50. The van der Waals surface area contributed by atoms with E-state index in [1.54, 1.807) is 0 Å². The normalized spacial score (nSPS) is 24.3. The Morgan fingerprint density at radius 3 is 3.00 bits per heavy atom. The highest BCUT2D eigenvalue weighted by Crippen LogP contribution is 2.31. The van der Waals surface area contributed by atoms with E-state index in [9.17, 15) is 5.11 Å². The summed E-state index contributed by atoms with van der Waals surface area (Å²) in [5.74, 6) is 0. The number of piperazine rings is 1. The second-order valence-corrected chi connectivity index (χ2v) is 5.58. The van der Waals surface area contributed by atoms with Gasteiger partial charge >= 0.3 is 0 Å². The van der Waals surface area contributed by atoms with Gasteiger partial charge in [-0.05, 0) is 31.5 Å². The molecule has 0 spiro atoms. The fourth-order valence-corrected chi connectivity index (χ4v) is 3.44. The SMILES string of the molecule is OCc1c(Cl)cccc1N1CCN2CCCC2C1. The third-order valence-corrected chi connectivity index (χ3v) is 4.53. The minimum absolute atomic E-state index is 0.0138. The first-order valence-corrected chi connectivity index (χ1v) is 7.04. The molecule has 2 fully saturated rings. The first-order chi connectivity index (χ1) is 8.79. The monoisotopic (exact) mass is 266 g/mol. The number of aliphatic hydroxyl groups excluding tert-OH is 1. The summed E-state index contributed by atoms with van der Waals surface area (Å²) in [7, 11) is 0. The predicted octanol–water partition coefficient (Wildman–Crippen LogP) is 2.12. The minimum Gasteiger partial charge on any atom is -0.392 e. The molecule has 3 rings (SSSR count). The smallest absolute Gasteiger partial charge is 0.0716 e. The van der Waals surface area contributed by atoms with Crippen LogP contribution in [0.5, 0.6) is 0 Å². The standard InChI is InChI=1S/C14H19ClN2O/c15-13-4-1-5-14(12(13)10-18)17-8-7-16-6-2-3-11(16)9-17/h1,4-5,11,18H,2-3,6-10H2. The van der Waals surface area contributed by atoms with Crippen LogP contribution >= 0.6 is 11.6 Å². The molecule has 2 saturated heterocycles. The Balaban J connectivity index is 1.84. The molecule has 1 atom stereocenters. The molecule has 0 aromatic heterocycles. The number of aliphatic hydroxyl groups is 1. The summed E-state index contributed by atoms with van der Waals surface area (Å²) in [6.07, 6.45) is 2.62. The Bertz CT molecular complexity index is 438. The van der Waals surface area contributed by atoms with E-state index >= 15 is 0 Å². The molecule has 18 heavy (non-hydrogen) atoms.